The molecule has 0 bridgehead atoms. The van der Waals surface area contributed by atoms with E-state index in [9.17, 15) is 10.1 Å². The highest BCUT2D eigenvalue weighted by molar-refractivity contribution is 8.01. The first-order valence-electron chi connectivity index (χ1n) is 7.47. The van der Waals surface area contributed by atoms with Crippen LogP contribution in [-0.2, 0) is 4.79 Å². The SMILES string of the molecule is C[C@](C#N)(NC(=O)CSc1nc(-c2ccccc2)cs1)C1CC1. The lowest BCUT2D eigenvalue weighted by Gasteiger charge is -2.22. The van der Waals surface area contributed by atoms with Crippen LogP contribution >= 0.6 is 23.1 Å². The topological polar surface area (TPSA) is 65.8 Å². The molecule has 1 aliphatic rings. The first-order valence-corrected chi connectivity index (χ1v) is 9.33. The molecule has 1 heterocycles. The highest BCUT2D eigenvalue weighted by atomic mass is 32.2. The molecule has 0 unspecified atom stereocenters. The number of rotatable bonds is 6. The van der Waals surface area contributed by atoms with E-state index in [1.807, 2.05) is 42.6 Å². The Labute approximate surface area is 143 Å². The quantitative estimate of drug-likeness (QED) is 0.812. The summed E-state index contributed by atoms with van der Waals surface area (Å²) >= 11 is 2.95. The molecule has 2 aromatic rings. The van der Waals surface area contributed by atoms with Gasteiger partial charge in [0.05, 0.1) is 17.5 Å². The van der Waals surface area contributed by atoms with Crippen LogP contribution < -0.4 is 5.32 Å². The van der Waals surface area contributed by atoms with Crippen LogP contribution in [0.2, 0.25) is 0 Å². The van der Waals surface area contributed by atoms with Crippen molar-refractivity contribution in [3.8, 4) is 17.3 Å². The lowest BCUT2D eigenvalue weighted by atomic mass is 9.98. The first kappa shape index (κ1) is 16.0. The second kappa shape index (κ2) is 6.73. The Kier molecular flexibility index (Phi) is 4.69. The van der Waals surface area contributed by atoms with Gasteiger partial charge in [-0.15, -0.1) is 11.3 Å². The number of nitrogens with zero attached hydrogens (tertiary/aromatic N) is 2. The Hall–Kier alpha value is -1.84. The van der Waals surface area contributed by atoms with Gasteiger partial charge >= 0.3 is 0 Å². The van der Waals surface area contributed by atoms with Crippen LogP contribution in [0.4, 0.5) is 0 Å². The predicted octanol–water partition coefficient (Wildman–Crippen LogP) is 3.71. The minimum atomic E-state index is -0.726. The zero-order valence-corrected chi connectivity index (χ0v) is 14.4. The second-order valence-electron chi connectivity index (χ2n) is 5.79. The van der Waals surface area contributed by atoms with E-state index in [-0.39, 0.29) is 11.7 Å². The summed E-state index contributed by atoms with van der Waals surface area (Å²) in [6.45, 7) is 1.81. The molecule has 1 aromatic carbocycles. The summed E-state index contributed by atoms with van der Waals surface area (Å²) in [5.41, 5.74) is 1.28. The monoisotopic (exact) mass is 343 g/mol. The third-order valence-corrected chi connectivity index (χ3v) is 5.93. The van der Waals surface area contributed by atoms with E-state index in [0.717, 1.165) is 28.4 Å². The molecular weight excluding hydrogens is 326 g/mol. The van der Waals surface area contributed by atoms with Gasteiger partial charge in [0.25, 0.3) is 0 Å². The van der Waals surface area contributed by atoms with Gasteiger partial charge in [-0.3, -0.25) is 4.79 Å². The van der Waals surface area contributed by atoms with Crippen LogP contribution in [0.15, 0.2) is 40.1 Å². The molecule has 118 valence electrons. The van der Waals surface area contributed by atoms with Gasteiger partial charge in [-0.05, 0) is 25.7 Å². The lowest BCUT2D eigenvalue weighted by Crippen LogP contribution is -2.47. The fraction of sp³-hybridized carbons (Fsp3) is 0.353. The molecule has 0 spiro atoms. The summed E-state index contributed by atoms with van der Waals surface area (Å²) in [4.78, 5) is 16.6. The lowest BCUT2D eigenvalue weighted by molar-refractivity contribution is -0.119. The number of hydrogen-bond acceptors (Lipinski definition) is 5. The summed E-state index contributed by atoms with van der Waals surface area (Å²) in [7, 11) is 0. The maximum Gasteiger partial charge on any atom is 0.231 e. The Morgan fingerprint density at radius 2 is 2.22 bits per heavy atom. The van der Waals surface area contributed by atoms with E-state index in [1.165, 1.54) is 23.1 Å². The minimum absolute atomic E-state index is 0.109. The van der Waals surface area contributed by atoms with Gasteiger partial charge < -0.3 is 5.32 Å². The number of carbonyl (C=O) groups excluding carboxylic acids is 1. The molecule has 3 rings (SSSR count). The van der Waals surface area contributed by atoms with Crippen molar-refractivity contribution >= 4 is 29.0 Å². The predicted molar refractivity (Wildman–Crippen MR) is 93.2 cm³/mol. The van der Waals surface area contributed by atoms with Crippen LogP contribution in [0.25, 0.3) is 11.3 Å². The number of aromatic nitrogens is 1. The van der Waals surface area contributed by atoms with Crippen molar-refractivity contribution in [1.82, 2.24) is 10.3 Å². The van der Waals surface area contributed by atoms with E-state index >= 15 is 0 Å². The summed E-state index contributed by atoms with van der Waals surface area (Å²) in [5, 5.41) is 14.1. The molecule has 1 atom stereocenters. The molecule has 23 heavy (non-hydrogen) atoms. The fourth-order valence-corrected chi connectivity index (χ4v) is 4.04. The number of thiazole rings is 1. The Morgan fingerprint density at radius 3 is 2.87 bits per heavy atom. The average molecular weight is 343 g/mol. The van der Waals surface area contributed by atoms with Crippen molar-refractivity contribution in [3.63, 3.8) is 0 Å². The molecule has 1 saturated carbocycles. The maximum absolute atomic E-state index is 12.1. The molecular formula is C17H17N3OS2. The molecule has 4 nitrogen and oxygen atoms in total. The number of thioether (sulfide) groups is 1. The normalized spacial score (nSPS) is 16.3. The molecule has 1 N–H and O–H groups in total. The van der Waals surface area contributed by atoms with Gasteiger partial charge in [0.1, 0.15) is 5.54 Å². The summed E-state index contributed by atoms with van der Waals surface area (Å²) < 4.78 is 0.865. The van der Waals surface area contributed by atoms with Crippen LogP contribution in [0.3, 0.4) is 0 Å². The number of hydrogen-bond donors (Lipinski definition) is 1. The van der Waals surface area contributed by atoms with E-state index < -0.39 is 5.54 Å². The van der Waals surface area contributed by atoms with E-state index in [4.69, 9.17) is 0 Å². The maximum atomic E-state index is 12.1. The Bertz CT molecular complexity index is 734. The van der Waals surface area contributed by atoms with Crippen molar-refractivity contribution in [3.05, 3.63) is 35.7 Å². The summed E-state index contributed by atoms with van der Waals surface area (Å²) in [6, 6.07) is 12.2. The number of benzene rings is 1. The molecule has 0 aliphatic heterocycles. The van der Waals surface area contributed by atoms with Crippen LogP contribution in [-0.4, -0.2) is 22.2 Å². The van der Waals surface area contributed by atoms with Crippen molar-refractivity contribution in [2.75, 3.05) is 5.75 Å². The highest BCUT2D eigenvalue weighted by Gasteiger charge is 2.42. The number of nitriles is 1. The standard InChI is InChI=1S/C17H17N3OS2/c1-17(11-18,13-7-8-13)20-15(21)10-23-16-19-14(9-22-16)12-5-3-2-4-6-12/h2-6,9,13H,7-8,10H2,1H3,(H,20,21)/t17-/m1/s1. The summed E-state index contributed by atoms with van der Waals surface area (Å²) in [5.74, 6) is 0.472. The van der Waals surface area contributed by atoms with Crippen LogP contribution in [0, 0.1) is 17.2 Å². The van der Waals surface area contributed by atoms with E-state index in [0.29, 0.717) is 5.92 Å². The summed E-state index contributed by atoms with van der Waals surface area (Å²) in [6.07, 6.45) is 2.04. The van der Waals surface area contributed by atoms with Crippen LogP contribution in [0.5, 0.6) is 0 Å². The Morgan fingerprint density at radius 1 is 1.48 bits per heavy atom. The van der Waals surface area contributed by atoms with Gasteiger partial charge in [0.2, 0.25) is 5.91 Å². The number of amides is 1. The largest absolute Gasteiger partial charge is 0.337 e. The molecule has 1 aromatic heterocycles. The van der Waals surface area contributed by atoms with Gasteiger partial charge in [0, 0.05) is 10.9 Å². The van der Waals surface area contributed by atoms with Gasteiger partial charge in [-0.1, -0.05) is 42.1 Å². The smallest absolute Gasteiger partial charge is 0.231 e. The van der Waals surface area contributed by atoms with Crippen molar-refractivity contribution in [2.45, 2.75) is 29.6 Å². The Balaban J connectivity index is 1.56. The second-order valence-corrected chi connectivity index (χ2v) is 7.87. The van der Waals surface area contributed by atoms with Crippen molar-refractivity contribution in [1.29, 1.82) is 5.26 Å². The van der Waals surface area contributed by atoms with Gasteiger partial charge in [-0.25, -0.2) is 4.98 Å². The minimum Gasteiger partial charge on any atom is -0.337 e. The van der Waals surface area contributed by atoms with Crippen molar-refractivity contribution in [2.24, 2.45) is 5.92 Å². The third-order valence-electron chi connectivity index (χ3n) is 3.90. The zero-order chi connectivity index (χ0) is 16.3. The zero-order valence-electron chi connectivity index (χ0n) is 12.8. The molecule has 0 radical (unpaired) electrons. The van der Waals surface area contributed by atoms with Crippen LogP contribution in [0.1, 0.15) is 19.8 Å². The fourth-order valence-electron chi connectivity index (χ4n) is 2.40. The average Bonchev–Trinajstić information content (AvgIpc) is 3.33. The van der Waals surface area contributed by atoms with Crippen molar-refractivity contribution < 1.29 is 4.79 Å². The van der Waals surface area contributed by atoms with E-state index in [2.05, 4.69) is 16.4 Å². The van der Waals surface area contributed by atoms with E-state index in [1.54, 1.807) is 0 Å². The molecule has 1 aliphatic carbocycles. The van der Waals surface area contributed by atoms with Gasteiger partial charge in [0.15, 0.2) is 4.34 Å². The number of carbonyl (C=O) groups is 1. The molecule has 1 fully saturated rings. The molecule has 6 heteroatoms. The number of nitrogens with one attached hydrogen (secondary N) is 1. The first-order chi connectivity index (χ1) is 11.1. The molecule has 0 saturated heterocycles. The third kappa shape index (κ3) is 3.92. The van der Waals surface area contributed by atoms with Gasteiger partial charge in [-0.2, -0.15) is 5.26 Å². The molecule has 1 amide bonds. The highest BCUT2D eigenvalue weighted by Crippen LogP contribution is 2.39.